The molecule has 0 radical (unpaired) electrons. The van der Waals surface area contributed by atoms with Crippen LogP contribution < -0.4 is 4.74 Å². The van der Waals surface area contributed by atoms with E-state index in [2.05, 4.69) is 14.7 Å². The fourth-order valence-electron chi connectivity index (χ4n) is 4.33. The Morgan fingerprint density at radius 1 is 1.20 bits per heavy atom. The average Bonchev–Trinajstić information content (AvgIpc) is 3.25. The lowest BCUT2D eigenvalue weighted by Gasteiger charge is -2.44. The minimum absolute atomic E-state index is 0.104. The number of rotatable bonds is 5. The smallest absolute Gasteiger partial charge is 0.471 e. The Morgan fingerprint density at radius 2 is 1.97 bits per heavy atom. The van der Waals surface area contributed by atoms with Crippen molar-refractivity contribution < 1.29 is 36.7 Å². The van der Waals surface area contributed by atoms with Crippen LogP contribution in [0.1, 0.15) is 23.1 Å². The van der Waals surface area contributed by atoms with Crippen LogP contribution in [0.5, 0.6) is 5.75 Å². The number of methoxy groups -OCH3 is 1. The molecule has 0 saturated carbocycles. The minimum atomic E-state index is -4.74. The Morgan fingerprint density at radius 3 is 2.60 bits per heavy atom. The van der Waals surface area contributed by atoms with Gasteiger partial charge in [-0.2, -0.15) is 18.2 Å². The van der Waals surface area contributed by atoms with Gasteiger partial charge in [0.2, 0.25) is 11.7 Å². The second-order valence-electron chi connectivity index (χ2n) is 8.62. The highest BCUT2D eigenvalue weighted by atomic mass is 19.4. The maximum absolute atomic E-state index is 13.8. The first-order chi connectivity index (χ1) is 16.8. The number of amides is 1. The van der Waals surface area contributed by atoms with E-state index in [9.17, 15) is 18.0 Å². The number of aromatic nitrogens is 2. The molecule has 2 aromatic carbocycles. The number of hydrogen-bond acceptors (Lipinski definition) is 7. The molecular formula is C24H22F3N3O5. The summed E-state index contributed by atoms with van der Waals surface area (Å²) in [4.78, 5) is 19.0. The lowest BCUT2D eigenvalue weighted by molar-refractivity contribution is -0.186. The van der Waals surface area contributed by atoms with Gasteiger partial charge in [-0.25, -0.2) is 0 Å². The second-order valence-corrected chi connectivity index (χ2v) is 8.62. The third-order valence-electron chi connectivity index (χ3n) is 6.18. The summed E-state index contributed by atoms with van der Waals surface area (Å²) >= 11 is 0. The van der Waals surface area contributed by atoms with Crippen LogP contribution in [0.2, 0.25) is 0 Å². The summed E-state index contributed by atoms with van der Waals surface area (Å²) in [6.07, 6.45) is -4.74. The van der Waals surface area contributed by atoms with Gasteiger partial charge in [0.15, 0.2) is 0 Å². The molecule has 1 unspecified atom stereocenters. The monoisotopic (exact) mass is 489 g/mol. The molecular weight excluding hydrogens is 467 g/mol. The first-order valence-electron chi connectivity index (χ1n) is 10.9. The van der Waals surface area contributed by atoms with Crippen LogP contribution in [0, 0.1) is 5.41 Å². The van der Waals surface area contributed by atoms with Gasteiger partial charge < -0.3 is 23.6 Å². The molecule has 35 heavy (non-hydrogen) atoms. The number of carbonyl (C=O) groups excluding carboxylic acids is 1. The topological polar surface area (TPSA) is 86.9 Å². The molecule has 0 spiro atoms. The van der Waals surface area contributed by atoms with Crippen molar-refractivity contribution in [2.75, 3.05) is 33.5 Å². The first-order valence-corrected chi connectivity index (χ1v) is 10.9. The van der Waals surface area contributed by atoms with E-state index in [-0.39, 0.29) is 44.7 Å². The molecule has 5 rings (SSSR count). The Kier molecular flexibility index (Phi) is 5.97. The van der Waals surface area contributed by atoms with Crippen molar-refractivity contribution in [1.82, 2.24) is 15.0 Å². The number of ether oxygens (including phenoxy) is 3. The molecule has 2 aliphatic heterocycles. The third-order valence-corrected chi connectivity index (χ3v) is 6.18. The Bertz CT molecular complexity index is 1210. The summed E-state index contributed by atoms with van der Waals surface area (Å²) < 4.78 is 59.8. The Labute approximate surface area is 198 Å². The highest BCUT2D eigenvalue weighted by Crippen LogP contribution is 2.39. The summed E-state index contributed by atoms with van der Waals surface area (Å²) in [5.41, 5.74) is 1.13. The average molecular weight is 489 g/mol. The summed E-state index contributed by atoms with van der Waals surface area (Å²) in [7, 11) is 1.55. The van der Waals surface area contributed by atoms with Crippen LogP contribution in [0.4, 0.5) is 13.2 Å². The zero-order valence-electron chi connectivity index (χ0n) is 18.7. The fourth-order valence-corrected chi connectivity index (χ4v) is 4.33. The summed E-state index contributed by atoms with van der Waals surface area (Å²) in [5.74, 6) is -1.29. The maximum atomic E-state index is 13.8. The van der Waals surface area contributed by atoms with Crippen LogP contribution in [-0.2, 0) is 27.0 Å². The molecule has 3 heterocycles. The van der Waals surface area contributed by atoms with Gasteiger partial charge in [-0.3, -0.25) is 4.79 Å². The van der Waals surface area contributed by atoms with Crippen LogP contribution in [0.3, 0.4) is 0 Å². The number of carbonyl (C=O) groups is 1. The first kappa shape index (κ1) is 23.3. The van der Waals surface area contributed by atoms with E-state index < -0.39 is 23.5 Å². The van der Waals surface area contributed by atoms with Crippen LogP contribution in [0.25, 0.3) is 11.4 Å². The third kappa shape index (κ3) is 4.37. The molecule has 0 N–H and O–H groups in total. The van der Waals surface area contributed by atoms with Crippen molar-refractivity contribution in [3.05, 3.63) is 65.5 Å². The molecule has 184 valence electrons. The fraction of sp³-hybridized carbons (Fsp3) is 0.375. The van der Waals surface area contributed by atoms with Crippen molar-refractivity contribution in [2.45, 2.75) is 18.8 Å². The molecule has 2 aliphatic rings. The molecule has 1 aromatic heterocycles. The normalized spacial score (nSPS) is 19.3. The van der Waals surface area contributed by atoms with Gasteiger partial charge >= 0.3 is 12.1 Å². The molecule has 1 amide bonds. The van der Waals surface area contributed by atoms with E-state index in [4.69, 9.17) is 14.2 Å². The standard InChI is InChI=1S/C24H22F3N3O5/c1-32-12-23(13-33-14-23)22(31)30-10-17-8-7-16(20-28-21(35-29-20)24(25,26)27)9-19(17)34-11-18(30)15-5-3-2-4-6-15/h2-9,18H,10-14H2,1H3. The molecule has 11 heteroatoms. The molecule has 0 aliphatic carbocycles. The number of alkyl halides is 3. The van der Waals surface area contributed by atoms with Gasteiger partial charge in [-0.1, -0.05) is 47.6 Å². The van der Waals surface area contributed by atoms with E-state index in [0.717, 1.165) is 5.56 Å². The van der Waals surface area contributed by atoms with Crippen molar-refractivity contribution in [2.24, 2.45) is 5.41 Å². The van der Waals surface area contributed by atoms with E-state index in [1.807, 2.05) is 30.3 Å². The van der Waals surface area contributed by atoms with Gasteiger partial charge in [0.05, 0.1) is 32.4 Å². The van der Waals surface area contributed by atoms with E-state index in [0.29, 0.717) is 16.9 Å². The zero-order chi connectivity index (χ0) is 24.6. The molecule has 1 fully saturated rings. The molecule has 0 bridgehead atoms. The second kappa shape index (κ2) is 8.97. The summed E-state index contributed by atoms with van der Waals surface area (Å²) in [5, 5.41) is 3.45. The number of nitrogens with zero attached hydrogens (tertiary/aromatic N) is 3. The van der Waals surface area contributed by atoms with Gasteiger partial charge in [-0.05, 0) is 11.6 Å². The van der Waals surface area contributed by atoms with Gasteiger partial charge in [0.25, 0.3) is 0 Å². The largest absolute Gasteiger partial charge is 0.491 e. The predicted octanol–water partition coefficient (Wildman–Crippen LogP) is 3.88. The van der Waals surface area contributed by atoms with Crippen LogP contribution in [0.15, 0.2) is 53.1 Å². The van der Waals surface area contributed by atoms with Crippen LogP contribution >= 0.6 is 0 Å². The van der Waals surface area contributed by atoms with Crippen molar-refractivity contribution >= 4 is 5.91 Å². The van der Waals surface area contributed by atoms with Gasteiger partial charge in [-0.15, -0.1) is 0 Å². The van der Waals surface area contributed by atoms with Crippen molar-refractivity contribution in [3.63, 3.8) is 0 Å². The van der Waals surface area contributed by atoms with E-state index in [1.54, 1.807) is 30.2 Å². The maximum Gasteiger partial charge on any atom is 0.471 e. The zero-order valence-corrected chi connectivity index (χ0v) is 18.7. The minimum Gasteiger partial charge on any atom is -0.491 e. The van der Waals surface area contributed by atoms with Crippen LogP contribution in [-0.4, -0.2) is 54.5 Å². The molecule has 8 nitrogen and oxygen atoms in total. The summed E-state index contributed by atoms with van der Waals surface area (Å²) in [6, 6.07) is 14.0. The van der Waals surface area contributed by atoms with Crippen molar-refractivity contribution in [1.29, 1.82) is 0 Å². The number of benzene rings is 2. The predicted molar refractivity (Wildman–Crippen MR) is 115 cm³/mol. The van der Waals surface area contributed by atoms with Gasteiger partial charge in [0, 0.05) is 18.2 Å². The van der Waals surface area contributed by atoms with E-state index in [1.165, 1.54) is 0 Å². The van der Waals surface area contributed by atoms with E-state index >= 15 is 0 Å². The SMILES string of the molecule is COCC1(C(=O)N2Cc3ccc(-c4noc(C(F)(F)F)n4)cc3OCC2c2ccccc2)COC1. The van der Waals surface area contributed by atoms with Crippen molar-refractivity contribution in [3.8, 4) is 17.1 Å². The lowest BCUT2D eigenvalue weighted by atomic mass is 9.84. The molecule has 3 aromatic rings. The highest BCUT2D eigenvalue weighted by Gasteiger charge is 2.50. The number of halogens is 3. The number of fused-ring (bicyclic) bond motifs is 1. The Balaban J connectivity index is 1.49. The number of hydrogen-bond donors (Lipinski definition) is 0. The quantitative estimate of drug-likeness (QED) is 0.538. The highest BCUT2D eigenvalue weighted by molar-refractivity contribution is 5.84. The molecule has 1 atom stereocenters. The molecule has 1 saturated heterocycles. The Hall–Kier alpha value is -3.44. The summed E-state index contributed by atoms with van der Waals surface area (Å²) in [6.45, 7) is 1.15. The van der Waals surface area contributed by atoms with Gasteiger partial charge in [0.1, 0.15) is 17.8 Å². The lowest BCUT2D eigenvalue weighted by Crippen LogP contribution is -2.58.